The van der Waals surface area contributed by atoms with Gasteiger partial charge in [-0.3, -0.25) is 9.89 Å². The second-order valence-electron chi connectivity index (χ2n) is 8.44. The number of carbonyl (C=O) groups is 1. The van der Waals surface area contributed by atoms with Gasteiger partial charge in [0, 0.05) is 41.9 Å². The van der Waals surface area contributed by atoms with Crippen LogP contribution >= 0.6 is 0 Å². The molecule has 1 aliphatic rings. The first-order valence-corrected chi connectivity index (χ1v) is 12.0. The number of methoxy groups -OCH3 is 1. The lowest BCUT2D eigenvalue weighted by atomic mass is 9.87. The van der Waals surface area contributed by atoms with Crippen molar-refractivity contribution in [1.29, 1.82) is 0 Å². The minimum atomic E-state index is 0.0862. The Morgan fingerprint density at radius 3 is 2.42 bits per heavy atom. The molecule has 0 radical (unpaired) electrons. The Kier molecular flexibility index (Phi) is 7.14. The number of amides is 1. The van der Waals surface area contributed by atoms with Crippen LogP contribution in [-0.4, -0.2) is 65.7 Å². The van der Waals surface area contributed by atoms with Crippen molar-refractivity contribution in [3.8, 4) is 28.3 Å². The van der Waals surface area contributed by atoms with Crippen molar-refractivity contribution in [2.75, 3.05) is 39.8 Å². The van der Waals surface area contributed by atoms with Crippen LogP contribution in [0.3, 0.4) is 0 Å². The molecule has 3 aromatic rings. The fourth-order valence-electron chi connectivity index (χ4n) is 4.64. The molecule has 0 bridgehead atoms. The van der Waals surface area contributed by atoms with E-state index in [1.54, 1.807) is 7.11 Å². The first-order valence-electron chi connectivity index (χ1n) is 12.0. The number of hydrogen-bond donors (Lipinski definition) is 1. The zero-order valence-corrected chi connectivity index (χ0v) is 20.1. The van der Waals surface area contributed by atoms with Crippen LogP contribution in [0.15, 0.2) is 42.5 Å². The van der Waals surface area contributed by atoms with Crippen LogP contribution in [0.5, 0.6) is 5.75 Å². The lowest BCUT2D eigenvalue weighted by molar-refractivity contribution is 0.0747. The fourth-order valence-corrected chi connectivity index (χ4v) is 4.64. The lowest BCUT2D eigenvalue weighted by Crippen LogP contribution is -2.38. The summed E-state index contributed by atoms with van der Waals surface area (Å²) in [5, 5.41) is 7.90. The maximum Gasteiger partial charge on any atom is 0.253 e. The van der Waals surface area contributed by atoms with E-state index in [0.717, 1.165) is 67.3 Å². The van der Waals surface area contributed by atoms with Gasteiger partial charge < -0.3 is 14.5 Å². The van der Waals surface area contributed by atoms with Gasteiger partial charge in [-0.25, -0.2) is 0 Å². The number of nitrogens with zero attached hydrogens (tertiary/aromatic N) is 3. The van der Waals surface area contributed by atoms with Gasteiger partial charge in [-0.05, 0) is 68.8 Å². The van der Waals surface area contributed by atoms with Gasteiger partial charge in [-0.1, -0.05) is 26.0 Å². The topological polar surface area (TPSA) is 61.5 Å². The number of fused-ring (bicyclic) bond motifs is 3. The summed E-state index contributed by atoms with van der Waals surface area (Å²) >= 11 is 0. The van der Waals surface area contributed by atoms with Crippen molar-refractivity contribution in [3.05, 3.63) is 59.2 Å². The molecule has 0 aliphatic heterocycles. The second kappa shape index (κ2) is 10.2. The van der Waals surface area contributed by atoms with E-state index in [2.05, 4.69) is 41.1 Å². The Bertz CT molecular complexity index is 1100. The second-order valence-corrected chi connectivity index (χ2v) is 8.44. The number of carbonyl (C=O) groups excluding carboxylic acids is 1. The van der Waals surface area contributed by atoms with E-state index in [-0.39, 0.29) is 5.91 Å². The summed E-state index contributed by atoms with van der Waals surface area (Å²) in [4.78, 5) is 17.3. The number of rotatable bonds is 9. The third kappa shape index (κ3) is 4.67. The fraction of sp³-hybridized carbons (Fsp3) is 0.407. The molecule has 0 fully saturated rings. The van der Waals surface area contributed by atoms with E-state index in [1.807, 2.05) is 42.2 Å². The summed E-state index contributed by atoms with van der Waals surface area (Å²) in [5.41, 5.74) is 7.52. The Morgan fingerprint density at radius 2 is 1.76 bits per heavy atom. The van der Waals surface area contributed by atoms with E-state index >= 15 is 0 Å². The first kappa shape index (κ1) is 23.1. The molecular weight excluding hydrogens is 412 g/mol. The summed E-state index contributed by atoms with van der Waals surface area (Å²) in [6.45, 7) is 10.7. The smallest absolute Gasteiger partial charge is 0.253 e. The largest absolute Gasteiger partial charge is 0.497 e. The number of aryl methyl sites for hydroxylation is 1. The molecule has 0 atom stereocenters. The van der Waals surface area contributed by atoms with Crippen LogP contribution in [0.4, 0.5) is 0 Å². The number of aromatic amines is 1. The van der Waals surface area contributed by atoms with E-state index in [9.17, 15) is 4.79 Å². The van der Waals surface area contributed by atoms with Crippen molar-refractivity contribution < 1.29 is 9.53 Å². The SMILES string of the molecule is CCN(CC)CCN(CC)C(=O)c1ccc(-c2n[nH]c3c2CCc2cc(OC)ccc2-3)cc1. The molecule has 4 rings (SSSR count). The average molecular weight is 447 g/mol. The predicted octanol–water partition coefficient (Wildman–Crippen LogP) is 4.65. The molecule has 0 saturated carbocycles. The van der Waals surface area contributed by atoms with Gasteiger partial charge in [0.1, 0.15) is 5.75 Å². The number of ether oxygens (including phenoxy) is 1. The summed E-state index contributed by atoms with van der Waals surface area (Å²) in [6, 6.07) is 14.1. The summed E-state index contributed by atoms with van der Waals surface area (Å²) in [5.74, 6) is 0.971. The van der Waals surface area contributed by atoms with Crippen molar-refractivity contribution >= 4 is 5.91 Å². The van der Waals surface area contributed by atoms with Gasteiger partial charge in [0.2, 0.25) is 0 Å². The van der Waals surface area contributed by atoms with Crippen molar-refractivity contribution in [1.82, 2.24) is 20.0 Å². The van der Waals surface area contributed by atoms with Gasteiger partial charge >= 0.3 is 0 Å². The Hall–Kier alpha value is -3.12. The summed E-state index contributed by atoms with van der Waals surface area (Å²) < 4.78 is 5.38. The number of benzene rings is 2. The van der Waals surface area contributed by atoms with E-state index in [0.29, 0.717) is 6.54 Å². The van der Waals surface area contributed by atoms with Crippen LogP contribution in [-0.2, 0) is 12.8 Å². The molecule has 1 aliphatic carbocycles. The minimum absolute atomic E-state index is 0.0862. The van der Waals surface area contributed by atoms with E-state index in [4.69, 9.17) is 4.74 Å². The maximum atomic E-state index is 13.1. The lowest BCUT2D eigenvalue weighted by Gasteiger charge is -2.25. The van der Waals surface area contributed by atoms with E-state index in [1.165, 1.54) is 16.7 Å². The Balaban J connectivity index is 1.52. The highest BCUT2D eigenvalue weighted by atomic mass is 16.5. The normalized spacial score (nSPS) is 12.4. The molecular formula is C27H34N4O2. The van der Waals surface area contributed by atoms with Crippen LogP contribution in [0.2, 0.25) is 0 Å². The molecule has 174 valence electrons. The predicted molar refractivity (Wildman–Crippen MR) is 133 cm³/mol. The molecule has 0 spiro atoms. The van der Waals surface area contributed by atoms with Crippen molar-refractivity contribution in [2.45, 2.75) is 33.6 Å². The molecule has 0 saturated heterocycles. The van der Waals surface area contributed by atoms with Crippen LogP contribution in [0.25, 0.3) is 22.5 Å². The van der Waals surface area contributed by atoms with Crippen LogP contribution in [0.1, 0.15) is 42.3 Å². The monoisotopic (exact) mass is 446 g/mol. The zero-order valence-electron chi connectivity index (χ0n) is 20.1. The molecule has 1 amide bonds. The Morgan fingerprint density at radius 1 is 1.00 bits per heavy atom. The number of hydrogen-bond acceptors (Lipinski definition) is 4. The molecule has 6 nitrogen and oxygen atoms in total. The Labute approximate surface area is 196 Å². The number of likely N-dealkylation sites (N-methyl/N-ethyl adjacent to an activating group) is 2. The molecule has 1 aromatic heterocycles. The third-order valence-electron chi connectivity index (χ3n) is 6.75. The first-order chi connectivity index (χ1) is 16.1. The number of aromatic nitrogens is 2. The quantitative estimate of drug-likeness (QED) is 0.520. The highest BCUT2D eigenvalue weighted by Crippen LogP contribution is 2.38. The van der Waals surface area contributed by atoms with Crippen molar-refractivity contribution in [3.63, 3.8) is 0 Å². The summed E-state index contributed by atoms with van der Waals surface area (Å²) in [6.07, 6.45) is 1.89. The van der Waals surface area contributed by atoms with Crippen LogP contribution in [0, 0.1) is 0 Å². The van der Waals surface area contributed by atoms with Crippen molar-refractivity contribution in [2.24, 2.45) is 0 Å². The average Bonchev–Trinajstić information content (AvgIpc) is 3.31. The number of H-pyrrole nitrogens is 1. The third-order valence-corrected chi connectivity index (χ3v) is 6.75. The number of nitrogens with one attached hydrogen (secondary N) is 1. The van der Waals surface area contributed by atoms with Gasteiger partial charge in [0.25, 0.3) is 5.91 Å². The molecule has 0 unspecified atom stereocenters. The molecule has 1 heterocycles. The highest BCUT2D eigenvalue weighted by molar-refractivity contribution is 5.94. The molecule has 33 heavy (non-hydrogen) atoms. The van der Waals surface area contributed by atoms with Gasteiger partial charge in [0.15, 0.2) is 0 Å². The van der Waals surface area contributed by atoms with E-state index < -0.39 is 0 Å². The van der Waals surface area contributed by atoms with Crippen LogP contribution < -0.4 is 4.74 Å². The highest BCUT2D eigenvalue weighted by Gasteiger charge is 2.23. The molecule has 2 aromatic carbocycles. The van der Waals surface area contributed by atoms with Gasteiger partial charge in [-0.15, -0.1) is 0 Å². The van der Waals surface area contributed by atoms with Gasteiger partial charge in [-0.2, -0.15) is 5.10 Å². The molecule has 6 heteroatoms. The summed E-state index contributed by atoms with van der Waals surface area (Å²) in [7, 11) is 1.70. The maximum absolute atomic E-state index is 13.1. The zero-order chi connectivity index (χ0) is 23.4. The minimum Gasteiger partial charge on any atom is -0.497 e. The molecule has 1 N–H and O–H groups in total. The van der Waals surface area contributed by atoms with Gasteiger partial charge in [0.05, 0.1) is 18.5 Å². The standard InChI is InChI=1S/C27H34N4O2/c1-5-30(6-2)16-17-31(7-3)27(32)20-10-8-19(9-11-20)25-24-14-12-21-18-22(33-4)13-15-23(21)26(24)29-28-25/h8-11,13,15,18H,5-7,12,14,16-17H2,1-4H3,(H,28,29).